The Bertz CT molecular complexity index is 980. The Kier molecular flexibility index (Phi) is 5.69. The molecular formula is C20H20N4O4. The minimum atomic E-state index is -0.488. The normalized spacial score (nSPS) is 10.6. The number of carbonyl (C=O) groups is 2. The lowest BCUT2D eigenvalue weighted by atomic mass is 10.2. The van der Waals surface area contributed by atoms with E-state index >= 15 is 0 Å². The lowest BCUT2D eigenvalue weighted by molar-refractivity contribution is 0.102. The highest BCUT2D eigenvalue weighted by Gasteiger charge is 2.14. The zero-order valence-electron chi connectivity index (χ0n) is 15.7. The number of rotatable bonds is 6. The van der Waals surface area contributed by atoms with E-state index in [1.165, 1.54) is 18.3 Å². The van der Waals surface area contributed by atoms with Gasteiger partial charge in [-0.1, -0.05) is 5.16 Å². The average Bonchev–Trinajstić information content (AvgIpc) is 3.07. The number of hydrogen-bond acceptors (Lipinski definition) is 6. The van der Waals surface area contributed by atoms with E-state index < -0.39 is 5.91 Å². The summed E-state index contributed by atoms with van der Waals surface area (Å²) in [5.74, 6) is 0.729. The number of amides is 2. The summed E-state index contributed by atoms with van der Waals surface area (Å²) in [6.07, 6.45) is 1.47. The van der Waals surface area contributed by atoms with Crippen LogP contribution in [-0.2, 0) is 0 Å². The second-order valence-electron chi connectivity index (χ2n) is 6.35. The first-order chi connectivity index (χ1) is 13.4. The number of anilines is 2. The number of nitrogens with zero attached hydrogens (tertiary/aromatic N) is 2. The molecular weight excluding hydrogens is 360 g/mol. The van der Waals surface area contributed by atoms with Crippen molar-refractivity contribution in [2.75, 3.05) is 10.6 Å². The smallest absolute Gasteiger partial charge is 0.275 e. The molecule has 3 rings (SSSR count). The maximum atomic E-state index is 12.5. The van der Waals surface area contributed by atoms with E-state index in [-0.39, 0.29) is 23.5 Å². The van der Waals surface area contributed by atoms with Crippen LogP contribution in [0.5, 0.6) is 5.75 Å². The van der Waals surface area contributed by atoms with Crippen LogP contribution in [0.1, 0.15) is 40.5 Å². The molecule has 2 heterocycles. The Morgan fingerprint density at radius 2 is 1.79 bits per heavy atom. The topological polar surface area (TPSA) is 106 Å². The summed E-state index contributed by atoms with van der Waals surface area (Å²) in [4.78, 5) is 28.8. The Balaban J connectivity index is 1.67. The molecule has 0 radical (unpaired) electrons. The summed E-state index contributed by atoms with van der Waals surface area (Å²) in [5, 5.41) is 9.04. The fourth-order valence-electron chi connectivity index (χ4n) is 2.39. The molecule has 28 heavy (non-hydrogen) atoms. The first kappa shape index (κ1) is 19.1. The third-order valence-electron chi connectivity index (χ3n) is 3.61. The van der Waals surface area contributed by atoms with Gasteiger partial charge in [0.1, 0.15) is 17.2 Å². The molecule has 0 aliphatic heterocycles. The molecule has 0 bridgehead atoms. The van der Waals surface area contributed by atoms with Gasteiger partial charge in [-0.25, -0.2) is 0 Å². The van der Waals surface area contributed by atoms with E-state index in [4.69, 9.17) is 9.26 Å². The monoisotopic (exact) mass is 380 g/mol. The Morgan fingerprint density at radius 3 is 2.43 bits per heavy atom. The molecule has 2 aromatic heterocycles. The summed E-state index contributed by atoms with van der Waals surface area (Å²) in [7, 11) is 0. The number of benzene rings is 1. The Labute approximate surface area is 161 Å². The number of nitrogens with one attached hydrogen (secondary N) is 2. The number of pyridine rings is 1. The van der Waals surface area contributed by atoms with Gasteiger partial charge < -0.3 is 19.9 Å². The summed E-state index contributed by atoms with van der Waals surface area (Å²) < 4.78 is 10.5. The van der Waals surface area contributed by atoms with Crippen LogP contribution in [-0.4, -0.2) is 28.1 Å². The predicted molar refractivity (Wildman–Crippen MR) is 104 cm³/mol. The molecule has 8 nitrogen and oxygen atoms in total. The number of ether oxygens (including phenoxy) is 1. The van der Waals surface area contributed by atoms with E-state index in [1.54, 1.807) is 37.3 Å². The van der Waals surface area contributed by atoms with Crippen molar-refractivity contribution in [1.82, 2.24) is 10.1 Å². The number of hydrogen-bond donors (Lipinski definition) is 2. The van der Waals surface area contributed by atoms with Gasteiger partial charge in [0, 0.05) is 23.5 Å². The van der Waals surface area contributed by atoms with Crippen molar-refractivity contribution in [3.63, 3.8) is 0 Å². The molecule has 0 spiro atoms. The minimum Gasteiger partial charge on any atom is -0.491 e. The van der Waals surface area contributed by atoms with Gasteiger partial charge in [-0.05, 0) is 57.2 Å². The van der Waals surface area contributed by atoms with Crippen molar-refractivity contribution in [1.29, 1.82) is 0 Å². The highest BCUT2D eigenvalue weighted by molar-refractivity contribution is 6.07. The molecule has 2 N–H and O–H groups in total. The largest absolute Gasteiger partial charge is 0.491 e. The molecule has 0 atom stereocenters. The predicted octanol–water partition coefficient (Wildman–Crippen LogP) is 3.67. The fourth-order valence-corrected chi connectivity index (χ4v) is 2.39. The molecule has 1 aromatic carbocycles. The Hall–Kier alpha value is -3.68. The summed E-state index contributed by atoms with van der Waals surface area (Å²) in [5.41, 5.74) is 1.01. The van der Waals surface area contributed by atoms with Crippen LogP contribution in [0.4, 0.5) is 11.5 Å². The lowest BCUT2D eigenvalue weighted by Crippen LogP contribution is -2.17. The zero-order valence-corrected chi connectivity index (χ0v) is 15.7. The zero-order chi connectivity index (χ0) is 20.1. The van der Waals surface area contributed by atoms with E-state index in [0.29, 0.717) is 17.0 Å². The molecule has 0 fully saturated rings. The molecule has 0 aliphatic carbocycles. The molecule has 3 aromatic rings. The van der Waals surface area contributed by atoms with Gasteiger partial charge in [0.05, 0.1) is 6.10 Å². The van der Waals surface area contributed by atoms with Gasteiger partial charge in [-0.3, -0.25) is 14.6 Å². The van der Waals surface area contributed by atoms with E-state index in [9.17, 15) is 9.59 Å². The molecule has 0 unspecified atom stereocenters. The van der Waals surface area contributed by atoms with Crippen LogP contribution in [0, 0.1) is 6.92 Å². The van der Waals surface area contributed by atoms with Crippen molar-refractivity contribution in [3.05, 3.63) is 65.7 Å². The molecule has 0 saturated heterocycles. The first-order valence-corrected chi connectivity index (χ1v) is 8.69. The van der Waals surface area contributed by atoms with Crippen molar-refractivity contribution in [2.45, 2.75) is 26.9 Å². The average molecular weight is 380 g/mol. The summed E-state index contributed by atoms with van der Waals surface area (Å²) in [6.45, 7) is 5.60. The van der Waals surface area contributed by atoms with Crippen molar-refractivity contribution < 1.29 is 18.8 Å². The van der Waals surface area contributed by atoms with Crippen molar-refractivity contribution in [2.24, 2.45) is 0 Å². The van der Waals surface area contributed by atoms with E-state index in [1.807, 2.05) is 13.8 Å². The summed E-state index contributed by atoms with van der Waals surface area (Å²) in [6, 6.07) is 11.6. The fraction of sp³-hybridized carbons (Fsp3) is 0.200. The van der Waals surface area contributed by atoms with Gasteiger partial charge in [-0.2, -0.15) is 0 Å². The number of aromatic nitrogens is 2. The molecule has 8 heteroatoms. The highest BCUT2D eigenvalue weighted by atomic mass is 16.5. The first-order valence-electron chi connectivity index (χ1n) is 8.69. The van der Waals surface area contributed by atoms with Crippen LogP contribution in [0.2, 0.25) is 0 Å². The Morgan fingerprint density at radius 1 is 1.04 bits per heavy atom. The van der Waals surface area contributed by atoms with Crippen LogP contribution in [0.3, 0.4) is 0 Å². The molecule has 2 amide bonds. The number of carbonyl (C=O) groups excluding carboxylic acids is 2. The third kappa shape index (κ3) is 4.94. The summed E-state index contributed by atoms with van der Waals surface area (Å²) >= 11 is 0. The van der Waals surface area contributed by atoms with Crippen molar-refractivity contribution >= 4 is 23.3 Å². The molecule has 144 valence electrons. The van der Waals surface area contributed by atoms with E-state index in [2.05, 4.69) is 20.8 Å². The van der Waals surface area contributed by atoms with Crippen LogP contribution in [0.15, 0.2) is 53.2 Å². The standard InChI is InChI=1S/C20H20N4O4/c1-12(2)27-16-6-4-15(5-7-16)22-19(25)14-8-9-21-17(11-14)20(26)23-18-10-13(3)28-24-18/h4-12H,1-3H3,(H,22,25)(H,23,24,26). The second kappa shape index (κ2) is 8.34. The van der Waals surface area contributed by atoms with Gasteiger partial charge >= 0.3 is 0 Å². The van der Waals surface area contributed by atoms with Gasteiger partial charge in [-0.15, -0.1) is 0 Å². The van der Waals surface area contributed by atoms with Crippen LogP contribution >= 0.6 is 0 Å². The maximum absolute atomic E-state index is 12.5. The quantitative estimate of drug-likeness (QED) is 0.676. The number of aryl methyl sites for hydroxylation is 1. The van der Waals surface area contributed by atoms with Crippen LogP contribution < -0.4 is 15.4 Å². The van der Waals surface area contributed by atoms with Gasteiger partial charge in [0.2, 0.25) is 0 Å². The lowest BCUT2D eigenvalue weighted by Gasteiger charge is -2.11. The molecule has 0 aliphatic rings. The third-order valence-corrected chi connectivity index (χ3v) is 3.61. The van der Waals surface area contributed by atoms with Crippen LogP contribution in [0.25, 0.3) is 0 Å². The van der Waals surface area contributed by atoms with E-state index in [0.717, 1.165) is 5.75 Å². The van der Waals surface area contributed by atoms with Gasteiger partial charge in [0.25, 0.3) is 11.8 Å². The van der Waals surface area contributed by atoms with Crippen molar-refractivity contribution in [3.8, 4) is 5.75 Å². The second-order valence-corrected chi connectivity index (χ2v) is 6.35. The molecule has 0 saturated carbocycles. The van der Waals surface area contributed by atoms with Gasteiger partial charge in [0.15, 0.2) is 5.82 Å². The SMILES string of the molecule is Cc1cc(NC(=O)c2cc(C(=O)Nc3ccc(OC(C)C)cc3)ccn2)no1. The minimum absolute atomic E-state index is 0.0722. The highest BCUT2D eigenvalue weighted by Crippen LogP contribution is 2.18. The maximum Gasteiger partial charge on any atom is 0.275 e.